The molecule has 2 saturated heterocycles. The molecule has 2 aliphatic heterocycles. The third-order valence-corrected chi connectivity index (χ3v) is 7.42. The molecule has 1 aromatic heterocycles. The van der Waals surface area contributed by atoms with E-state index in [-0.39, 0.29) is 35.7 Å². The number of amides is 3. The lowest BCUT2D eigenvalue weighted by molar-refractivity contribution is -0.133. The Morgan fingerprint density at radius 2 is 1.69 bits per heavy atom. The van der Waals surface area contributed by atoms with Gasteiger partial charge in [-0.25, -0.2) is 8.42 Å². The van der Waals surface area contributed by atoms with E-state index in [0.717, 1.165) is 0 Å². The fraction of sp³-hybridized carbons (Fsp3) is 0.562. The van der Waals surface area contributed by atoms with Gasteiger partial charge in [0.1, 0.15) is 0 Å². The summed E-state index contributed by atoms with van der Waals surface area (Å²) in [7, 11) is -3.14. The van der Waals surface area contributed by atoms with Crippen LogP contribution in [-0.4, -0.2) is 55.6 Å². The van der Waals surface area contributed by atoms with Gasteiger partial charge in [-0.3, -0.25) is 25.2 Å². The second kappa shape index (κ2) is 7.75. The van der Waals surface area contributed by atoms with E-state index in [9.17, 15) is 22.8 Å². The normalized spacial score (nSPS) is 22.8. The Bertz CT molecular complexity index is 783. The molecule has 0 aromatic carbocycles. The Labute approximate surface area is 155 Å². The van der Waals surface area contributed by atoms with Crippen molar-refractivity contribution in [3.05, 3.63) is 22.4 Å². The van der Waals surface area contributed by atoms with Crippen molar-refractivity contribution in [3.8, 4) is 0 Å². The summed E-state index contributed by atoms with van der Waals surface area (Å²) in [4.78, 5) is 38.9. The maximum absolute atomic E-state index is 12.3. The van der Waals surface area contributed by atoms with Crippen LogP contribution in [0.5, 0.6) is 0 Å². The number of piperidine rings is 1. The second-order valence-corrected chi connectivity index (χ2v) is 9.80. The van der Waals surface area contributed by atoms with Crippen LogP contribution >= 0.6 is 11.3 Å². The van der Waals surface area contributed by atoms with E-state index in [2.05, 4.69) is 10.9 Å². The Morgan fingerprint density at radius 1 is 1.04 bits per heavy atom. The highest BCUT2D eigenvalue weighted by molar-refractivity contribution is 7.91. The van der Waals surface area contributed by atoms with Gasteiger partial charge in [-0.05, 0) is 30.7 Å². The first-order chi connectivity index (χ1) is 12.4. The molecule has 2 N–H and O–H groups in total. The number of rotatable bonds is 3. The minimum absolute atomic E-state index is 0.00968. The van der Waals surface area contributed by atoms with Crippen LogP contribution in [0.1, 0.15) is 28.9 Å². The van der Waals surface area contributed by atoms with Crippen molar-refractivity contribution in [2.75, 3.05) is 24.6 Å². The highest BCUT2D eigenvalue weighted by atomic mass is 32.2. The highest BCUT2D eigenvalue weighted by Gasteiger charge is 2.34. The van der Waals surface area contributed by atoms with Crippen LogP contribution in [0.25, 0.3) is 0 Å². The molecule has 2 fully saturated rings. The van der Waals surface area contributed by atoms with E-state index >= 15 is 0 Å². The van der Waals surface area contributed by atoms with Crippen molar-refractivity contribution in [1.29, 1.82) is 0 Å². The van der Waals surface area contributed by atoms with Crippen LogP contribution in [0, 0.1) is 11.8 Å². The van der Waals surface area contributed by atoms with Gasteiger partial charge in [-0.2, -0.15) is 0 Å². The predicted octanol–water partition coefficient (Wildman–Crippen LogP) is 0.182. The van der Waals surface area contributed by atoms with E-state index in [0.29, 0.717) is 30.8 Å². The van der Waals surface area contributed by atoms with Gasteiger partial charge in [-0.1, -0.05) is 6.07 Å². The molecule has 3 rings (SSSR count). The average Bonchev–Trinajstić information content (AvgIpc) is 3.28. The van der Waals surface area contributed by atoms with Crippen LogP contribution in [0.15, 0.2) is 17.5 Å². The molecule has 142 valence electrons. The molecule has 1 atom stereocenters. The molecule has 0 spiro atoms. The fourth-order valence-electron chi connectivity index (χ4n) is 3.23. The minimum atomic E-state index is -3.14. The van der Waals surface area contributed by atoms with Crippen molar-refractivity contribution in [2.45, 2.75) is 19.3 Å². The van der Waals surface area contributed by atoms with Crippen molar-refractivity contribution >= 4 is 38.9 Å². The van der Waals surface area contributed by atoms with Crippen LogP contribution < -0.4 is 10.9 Å². The third kappa shape index (κ3) is 4.42. The lowest BCUT2D eigenvalue weighted by Gasteiger charge is -2.31. The first-order valence-electron chi connectivity index (χ1n) is 8.48. The second-order valence-electron chi connectivity index (χ2n) is 6.62. The summed E-state index contributed by atoms with van der Waals surface area (Å²) in [6, 6.07) is 3.61. The number of nitrogens with one attached hydrogen (secondary N) is 2. The summed E-state index contributed by atoms with van der Waals surface area (Å²) >= 11 is 1.39. The predicted molar refractivity (Wildman–Crippen MR) is 96.0 cm³/mol. The lowest BCUT2D eigenvalue weighted by Crippen LogP contribution is -2.49. The number of hydrogen-bond acceptors (Lipinski definition) is 6. The highest BCUT2D eigenvalue weighted by Crippen LogP contribution is 2.21. The average molecular weight is 399 g/mol. The van der Waals surface area contributed by atoms with Gasteiger partial charge in [0.05, 0.1) is 22.3 Å². The molecule has 0 saturated carbocycles. The third-order valence-electron chi connectivity index (χ3n) is 4.80. The van der Waals surface area contributed by atoms with Crippen molar-refractivity contribution in [1.82, 2.24) is 15.8 Å². The largest absolute Gasteiger partial charge is 0.338 e. The first-order valence-corrected chi connectivity index (χ1v) is 11.2. The maximum atomic E-state index is 12.3. The number of carbonyl (C=O) groups is 3. The molecule has 26 heavy (non-hydrogen) atoms. The molecule has 0 unspecified atom stereocenters. The summed E-state index contributed by atoms with van der Waals surface area (Å²) in [5.74, 6) is -1.84. The molecular weight excluding hydrogens is 378 g/mol. The zero-order valence-corrected chi connectivity index (χ0v) is 15.8. The summed E-state index contributed by atoms with van der Waals surface area (Å²) in [5, 5.41) is 1.85. The fourth-order valence-corrected chi connectivity index (χ4v) is 5.66. The maximum Gasteiger partial charge on any atom is 0.263 e. The van der Waals surface area contributed by atoms with Gasteiger partial charge in [0.2, 0.25) is 11.8 Å². The van der Waals surface area contributed by atoms with Crippen molar-refractivity contribution < 1.29 is 22.8 Å². The number of hydrazine groups is 1. The molecular formula is C16H21N3O5S2. The monoisotopic (exact) mass is 399 g/mol. The van der Waals surface area contributed by atoms with E-state index in [4.69, 9.17) is 0 Å². The molecule has 10 heteroatoms. The van der Waals surface area contributed by atoms with Gasteiger partial charge in [-0.15, -0.1) is 11.3 Å². The van der Waals surface area contributed by atoms with Crippen molar-refractivity contribution in [2.24, 2.45) is 11.8 Å². The topological polar surface area (TPSA) is 113 Å². The molecule has 1 aromatic rings. The number of nitrogens with zero attached hydrogens (tertiary/aromatic N) is 1. The number of thiophene rings is 1. The standard InChI is InChI=1S/C16H21N3O5S2/c20-14(17-18-15(21)12-5-9-26(23,24)10-12)11-3-6-19(7-4-11)16(22)13-2-1-8-25-13/h1-2,8,11-12H,3-7,9-10H2,(H,17,20)(H,18,21)/t12-/m1/s1. The van der Waals surface area contributed by atoms with Crippen LogP contribution in [-0.2, 0) is 19.4 Å². The summed E-state index contributed by atoms with van der Waals surface area (Å²) in [6.45, 7) is 0.979. The lowest BCUT2D eigenvalue weighted by atomic mass is 9.96. The van der Waals surface area contributed by atoms with Gasteiger partial charge in [0, 0.05) is 19.0 Å². The smallest absolute Gasteiger partial charge is 0.263 e. The summed E-state index contributed by atoms with van der Waals surface area (Å²) in [6.07, 6.45) is 1.33. The number of hydrogen-bond donors (Lipinski definition) is 2. The van der Waals surface area contributed by atoms with Gasteiger partial charge in [0.15, 0.2) is 9.84 Å². The Morgan fingerprint density at radius 3 is 2.23 bits per heavy atom. The van der Waals surface area contributed by atoms with Crippen LogP contribution in [0.3, 0.4) is 0 Å². The molecule has 8 nitrogen and oxygen atoms in total. The molecule has 0 bridgehead atoms. The Hall–Kier alpha value is -1.94. The van der Waals surface area contributed by atoms with Gasteiger partial charge in [0.25, 0.3) is 5.91 Å². The van der Waals surface area contributed by atoms with Gasteiger partial charge < -0.3 is 4.90 Å². The number of sulfone groups is 1. The molecule has 0 radical (unpaired) electrons. The summed E-state index contributed by atoms with van der Waals surface area (Å²) < 4.78 is 22.8. The van der Waals surface area contributed by atoms with E-state index < -0.39 is 21.7 Å². The summed E-state index contributed by atoms with van der Waals surface area (Å²) in [5.41, 5.74) is 4.73. The zero-order valence-electron chi connectivity index (χ0n) is 14.1. The van der Waals surface area contributed by atoms with Crippen LogP contribution in [0.4, 0.5) is 0 Å². The quantitative estimate of drug-likeness (QED) is 0.704. The molecule has 0 aliphatic carbocycles. The van der Waals surface area contributed by atoms with Crippen LogP contribution in [0.2, 0.25) is 0 Å². The minimum Gasteiger partial charge on any atom is -0.338 e. The van der Waals surface area contributed by atoms with E-state index in [1.165, 1.54) is 11.3 Å². The van der Waals surface area contributed by atoms with Crippen molar-refractivity contribution in [3.63, 3.8) is 0 Å². The van der Waals surface area contributed by atoms with E-state index in [1.54, 1.807) is 11.0 Å². The number of carbonyl (C=O) groups excluding carboxylic acids is 3. The molecule has 3 amide bonds. The van der Waals surface area contributed by atoms with E-state index in [1.807, 2.05) is 11.4 Å². The number of likely N-dealkylation sites (tertiary alicyclic amines) is 1. The molecule has 3 heterocycles. The Kier molecular flexibility index (Phi) is 5.61. The molecule has 2 aliphatic rings. The Balaban J connectivity index is 1.42. The SMILES string of the molecule is O=C(NNC(=O)[C@@H]1CCS(=O)(=O)C1)C1CCN(C(=O)c2cccs2)CC1. The van der Waals surface area contributed by atoms with Gasteiger partial charge >= 0.3 is 0 Å². The first kappa shape index (κ1) is 18.8. The zero-order chi connectivity index (χ0) is 18.7.